The quantitative estimate of drug-likeness (QED) is 0.726. The third kappa shape index (κ3) is 3.21. The van der Waals surface area contributed by atoms with E-state index in [9.17, 15) is 13.2 Å². The van der Waals surface area contributed by atoms with E-state index < -0.39 is 15.8 Å². The number of benzene rings is 1. The SMILES string of the molecule is CCn1c(=O)oc2cc(S(=O)(=O)NCCc3cscn3)ccc21. The Balaban J connectivity index is 1.82. The van der Waals surface area contributed by atoms with Crippen molar-refractivity contribution in [2.75, 3.05) is 6.54 Å². The van der Waals surface area contributed by atoms with Crippen LogP contribution in [-0.2, 0) is 23.0 Å². The number of sulfonamides is 1. The minimum atomic E-state index is -3.66. The molecule has 3 aromatic rings. The average molecular weight is 353 g/mol. The molecule has 2 aromatic heterocycles. The van der Waals surface area contributed by atoms with Gasteiger partial charge in [-0.05, 0) is 19.1 Å². The van der Waals surface area contributed by atoms with Crippen molar-refractivity contribution in [3.63, 3.8) is 0 Å². The molecule has 0 amide bonds. The Morgan fingerprint density at radius 1 is 1.39 bits per heavy atom. The minimum absolute atomic E-state index is 0.0697. The molecule has 0 spiro atoms. The molecule has 0 atom stereocenters. The van der Waals surface area contributed by atoms with Crippen LogP contribution in [-0.4, -0.2) is 24.5 Å². The van der Waals surface area contributed by atoms with Crippen molar-refractivity contribution < 1.29 is 12.8 Å². The fourth-order valence-electron chi connectivity index (χ4n) is 2.27. The first-order valence-electron chi connectivity index (χ1n) is 7.01. The Kier molecular flexibility index (Phi) is 4.33. The standard InChI is InChI=1S/C14H15N3O4S2/c1-2-17-12-4-3-11(7-13(12)21-14(17)18)23(19,20)16-6-5-10-8-22-9-15-10/h3-4,7-9,16H,2,5-6H2,1H3. The summed E-state index contributed by atoms with van der Waals surface area (Å²) < 4.78 is 33.7. The molecule has 0 aliphatic carbocycles. The van der Waals surface area contributed by atoms with E-state index in [1.54, 1.807) is 11.6 Å². The van der Waals surface area contributed by atoms with Crippen LogP contribution in [0.2, 0.25) is 0 Å². The highest BCUT2D eigenvalue weighted by Crippen LogP contribution is 2.18. The summed E-state index contributed by atoms with van der Waals surface area (Å²) in [6.07, 6.45) is 0.520. The van der Waals surface area contributed by atoms with Crippen molar-refractivity contribution in [1.29, 1.82) is 0 Å². The van der Waals surface area contributed by atoms with Gasteiger partial charge in [0, 0.05) is 31.0 Å². The van der Waals surface area contributed by atoms with Crippen molar-refractivity contribution in [2.24, 2.45) is 0 Å². The molecule has 0 bridgehead atoms. The van der Waals surface area contributed by atoms with E-state index in [-0.39, 0.29) is 17.0 Å². The zero-order valence-electron chi connectivity index (χ0n) is 12.4. The summed E-state index contributed by atoms with van der Waals surface area (Å²) in [5.41, 5.74) is 3.40. The van der Waals surface area contributed by atoms with Crippen molar-refractivity contribution in [3.8, 4) is 0 Å². The molecule has 0 saturated heterocycles. The van der Waals surface area contributed by atoms with Gasteiger partial charge in [0.25, 0.3) is 0 Å². The summed E-state index contributed by atoms with van der Waals surface area (Å²) >= 11 is 1.47. The maximum atomic E-state index is 12.3. The van der Waals surface area contributed by atoms with Gasteiger partial charge in [0.15, 0.2) is 5.58 Å². The molecule has 9 heteroatoms. The lowest BCUT2D eigenvalue weighted by molar-refractivity contribution is 0.512. The predicted molar refractivity (Wildman–Crippen MR) is 87.2 cm³/mol. The lowest BCUT2D eigenvalue weighted by atomic mass is 10.3. The van der Waals surface area contributed by atoms with Gasteiger partial charge < -0.3 is 4.42 Å². The maximum absolute atomic E-state index is 12.3. The van der Waals surface area contributed by atoms with Crippen LogP contribution < -0.4 is 10.5 Å². The Morgan fingerprint density at radius 2 is 2.22 bits per heavy atom. The van der Waals surface area contributed by atoms with Crippen LogP contribution >= 0.6 is 11.3 Å². The third-order valence-corrected chi connectivity index (χ3v) is 5.52. The third-order valence-electron chi connectivity index (χ3n) is 3.42. The van der Waals surface area contributed by atoms with Gasteiger partial charge in [-0.2, -0.15) is 0 Å². The highest BCUT2D eigenvalue weighted by Gasteiger charge is 2.17. The second-order valence-electron chi connectivity index (χ2n) is 4.87. The van der Waals surface area contributed by atoms with Crippen LogP contribution in [0.4, 0.5) is 0 Å². The number of fused-ring (bicyclic) bond motifs is 1. The minimum Gasteiger partial charge on any atom is -0.408 e. The van der Waals surface area contributed by atoms with Gasteiger partial charge in [-0.1, -0.05) is 0 Å². The maximum Gasteiger partial charge on any atom is 0.419 e. The van der Waals surface area contributed by atoms with Crippen LogP contribution in [0.3, 0.4) is 0 Å². The largest absolute Gasteiger partial charge is 0.419 e. The van der Waals surface area contributed by atoms with Crippen LogP contribution in [0.1, 0.15) is 12.6 Å². The highest BCUT2D eigenvalue weighted by atomic mass is 32.2. The van der Waals surface area contributed by atoms with Crippen LogP contribution in [0.25, 0.3) is 11.1 Å². The number of thiazole rings is 1. The summed E-state index contributed by atoms with van der Waals surface area (Å²) in [5.74, 6) is -0.492. The van der Waals surface area contributed by atoms with E-state index >= 15 is 0 Å². The molecule has 2 heterocycles. The molecular formula is C14H15N3O4S2. The van der Waals surface area contributed by atoms with Crippen LogP contribution in [0, 0.1) is 0 Å². The highest BCUT2D eigenvalue weighted by molar-refractivity contribution is 7.89. The molecule has 0 unspecified atom stereocenters. The molecule has 3 rings (SSSR count). The second kappa shape index (κ2) is 6.26. The van der Waals surface area contributed by atoms with E-state index in [4.69, 9.17) is 4.42 Å². The Bertz CT molecular complexity index is 971. The summed E-state index contributed by atoms with van der Waals surface area (Å²) in [6, 6.07) is 4.42. The average Bonchev–Trinajstić information content (AvgIpc) is 3.12. The summed E-state index contributed by atoms with van der Waals surface area (Å²) in [4.78, 5) is 15.8. The van der Waals surface area contributed by atoms with Crippen LogP contribution in [0.5, 0.6) is 0 Å². The first-order chi connectivity index (χ1) is 11.0. The molecule has 0 fully saturated rings. The Morgan fingerprint density at radius 3 is 2.91 bits per heavy atom. The number of rotatable bonds is 6. The number of nitrogens with zero attached hydrogens (tertiary/aromatic N) is 2. The lowest BCUT2D eigenvalue weighted by Gasteiger charge is -2.06. The van der Waals surface area contributed by atoms with Gasteiger partial charge in [-0.3, -0.25) is 4.57 Å². The first kappa shape index (κ1) is 15.9. The van der Waals surface area contributed by atoms with E-state index in [1.807, 2.05) is 12.3 Å². The number of nitrogens with one attached hydrogen (secondary N) is 1. The monoisotopic (exact) mass is 353 g/mol. The molecule has 1 aromatic carbocycles. The molecule has 23 heavy (non-hydrogen) atoms. The molecule has 0 aliphatic rings. The van der Waals surface area contributed by atoms with E-state index in [2.05, 4.69) is 9.71 Å². The van der Waals surface area contributed by atoms with Gasteiger partial charge in [0.2, 0.25) is 10.0 Å². The molecule has 0 saturated carbocycles. The Hall–Kier alpha value is -1.97. The lowest BCUT2D eigenvalue weighted by Crippen LogP contribution is -2.26. The Labute approximate surface area is 136 Å². The zero-order chi connectivity index (χ0) is 16.4. The summed E-state index contributed by atoms with van der Waals surface area (Å²) in [5, 5.41) is 1.88. The van der Waals surface area contributed by atoms with Gasteiger partial charge >= 0.3 is 5.76 Å². The molecular weight excluding hydrogens is 338 g/mol. The number of aryl methyl sites for hydroxylation is 1. The predicted octanol–water partition coefficient (Wildman–Crippen LogP) is 1.59. The van der Waals surface area contributed by atoms with E-state index in [1.165, 1.54) is 28.0 Å². The summed E-state index contributed by atoms with van der Waals surface area (Å²) in [6.45, 7) is 2.54. The second-order valence-corrected chi connectivity index (χ2v) is 7.35. The molecule has 0 radical (unpaired) electrons. The molecule has 122 valence electrons. The van der Waals surface area contributed by atoms with Gasteiger partial charge in [-0.15, -0.1) is 11.3 Å². The zero-order valence-corrected chi connectivity index (χ0v) is 14.0. The van der Waals surface area contributed by atoms with Crippen LogP contribution in [0.15, 0.2) is 43.2 Å². The number of hydrogen-bond acceptors (Lipinski definition) is 6. The van der Waals surface area contributed by atoms with Crippen molar-refractivity contribution in [3.05, 3.63) is 45.3 Å². The molecule has 7 nitrogen and oxygen atoms in total. The number of hydrogen-bond donors (Lipinski definition) is 1. The summed E-state index contributed by atoms with van der Waals surface area (Å²) in [7, 11) is -3.66. The normalized spacial score (nSPS) is 12.0. The molecule has 1 N–H and O–H groups in total. The number of aromatic nitrogens is 2. The number of oxazole rings is 1. The first-order valence-corrected chi connectivity index (χ1v) is 9.44. The van der Waals surface area contributed by atoms with Crippen molar-refractivity contribution >= 4 is 32.5 Å². The van der Waals surface area contributed by atoms with Crippen molar-refractivity contribution in [2.45, 2.75) is 24.8 Å². The van der Waals surface area contributed by atoms with Crippen molar-refractivity contribution in [1.82, 2.24) is 14.3 Å². The van der Waals surface area contributed by atoms with Gasteiger partial charge in [-0.25, -0.2) is 22.9 Å². The fraction of sp³-hybridized carbons (Fsp3) is 0.286. The smallest absolute Gasteiger partial charge is 0.408 e. The fourth-order valence-corrected chi connectivity index (χ4v) is 3.91. The van der Waals surface area contributed by atoms with E-state index in [0.717, 1.165) is 5.69 Å². The molecule has 0 aliphatic heterocycles. The van der Waals surface area contributed by atoms with E-state index in [0.29, 0.717) is 18.5 Å². The topological polar surface area (TPSA) is 94.2 Å². The van der Waals surface area contributed by atoms with Gasteiger partial charge in [0.05, 0.1) is 21.6 Å². The van der Waals surface area contributed by atoms with Gasteiger partial charge in [0.1, 0.15) is 0 Å².